The summed E-state index contributed by atoms with van der Waals surface area (Å²) in [4.78, 5) is 19.1. The highest BCUT2D eigenvalue weighted by Gasteiger charge is 2.35. The van der Waals surface area contributed by atoms with Crippen LogP contribution in [0.3, 0.4) is 0 Å². The van der Waals surface area contributed by atoms with Crippen molar-refractivity contribution in [1.29, 1.82) is 0 Å². The zero-order valence-electron chi connectivity index (χ0n) is 13.0. The minimum atomic E-state index is -4.70. The summed E-state index contributed by atoms with van der Waals surface area (Å²) in [7, 11) is 0. The molecule has 3 rings (SSSR count). The molecule has 134 valence electrons. The van der Waals surface area contributed by atoms with E-state index in [1.807, 2.05) is 0 Å². The van der Waals surface area contributed by atoms with Gasteiger partial charge in [-0.05, 0) is 23.8 Å². The third-order valence-electron chi connectivity index (χ3n) is 3.32. The van der Waals surface area contributed by atoms with Crippen molar-refractivity contribution < 1.29 is 27.5 Å². The quantitative estimate of drug-likeness (QED) is 0.512. The average Bonchev–Trinajstić information content (AvgIpc) is 3.14. The number of aliphatic carboxylic acids is 1. The fourth-order valence-electron chi connectivity index (χ4n) is 2.17. The Morgan fingerprint density at radius 2 is 1.85 bits per heavy atom. The summed E-state index contributed by atoms with van der Waals surface area (Å²) in [6, 6.07) is 11.9. The van der Waals surface area contributed by atoms with E-state index < -0.39 is 23.1 Å². The molecule has 0 amide bonds. The first-order valence-corrected chi connectivity index (χ1v) is 8.17. The largest absolute Gasteiger partial charge is 0.480 e. The van der Waals surface area contributed by atoms with Crippen molar-refractivity contribution in [3.63, 3.8) is 0 Å². The van der Waals surface area contributed by atoms with Crippen LogP contribution in [0.25, 0.3) is 11.5 Å². The highest BCUT2D eigenvalue weighted by Crippen LogP contribution is 2.37. The number of nitrogens with zero attached hydrogens (tertiary/aromatic N) is 2. The Bertz CT molecular complexity index is 899. The van der Waals surface area contributed by atoms with Gasteiger partial charge >= 0.3 is 12.1 Å². The van der Waals surface area contributed by atoms with Gasteiger partial charge in [0.15, 0.2) is 10.9 Å². The molecule has 0 aliphatic rings. The van der Waals surface area contributed by atoms with Crippen molar-refractivity contribution >= 4 is 17.7 Å². The normalized spacial score (nSPS) is 12.7. The minimum absolute atomic E-state index is 0.0722. The van der Waals surface area contributed by atoms with Crippen molar-refractivity contribution in [2.75, 3.05) is 0 Å². The zero-order valence-corrected chi connectivity index (χ0v) is 13.8. The van der Waals surface area contributed by atoms with Crippen molar-refractivity contribution in [2.45, 2.75) is 16.6 Å². The molecule has 2 aromatic heterocycles. The Morgan fingerprint density at radius 1 is 1.12 bits per heavy atom. The smallest absolute Gasteiger partial charge is 0.433 e. The van der Waals surface area contributed by atoms with Crippen molar-refractivity contribution in [2.24, 2.45) is 0 Å². The summed E-state index contributed by atoms with van der Waals surface area (Å²) in [5, 5.41) is 8.00. The van der Waals surface area contributed by atoms with Gasteiger partial charge in [0, 0.05) is 0 Å². The van der Waals surface area contributed by atoms with E-state index in [1.165, 1.54) is 18.4 Å². The topological polar surface area (TPSA) is 76.2 Å². The molecule has 0 aliphatic heterocycles. The molecule has 26 heavy (non-hydrogen) atoms. The van der Waals surface area contributed by atoms with E-state index in [-0.39, 0.29) is 16.6 Å². The number of benzene rings is 1. The molecular formula is C17H11F3N2O3S. The van der Waals surface area contributed by atoms with E-state index in [1.54, 1.807) is 30.3 Å². The number of carboxylic acids is 1. The van der Waals surface area contributed by atoms with Gasteiger partial charge in [0.1, 0.15) is 16.6 Å². The van der Waals surface area contributed by atoms with E-state index >= 15 is 0 Å². The fraction of sp³-hybridized carbons (Fsp3) is 0.118. The third kappa shape index (κ3) is 4.05. The first kappa shape index (κ1) is 18.0. The van der Waals surface area contributed by atoms with Crippen LogP contribution in [-0.2, 0) is 11.0 Å². The maximum absolute atomic E-state index is 13.2. The summed E-state index contributed by atoms with van der Waals surface area (Å²) in [5.74, 6) is -1.08. The summed E-state index contributed by atoms with van der Waals surface area (Å²) in [5.41, 5.74) is -0.818. The number of halogens is 3. The lowest BCUT2D eigenvalue weighted by molar-refractivity contribution is -0.141. The maximum Gasteiger partial charge on any atom is 0.433 e. The number of carboxylic acid groups (broad SMARTS) is 1. The molecule has 0 aliphatic carbocycles. The summed E-state index contributed by atoms with van der Waals surface area (Å²) >= 11 is 0.628. The van der Waals surface area contributed by atoms with Crippen LogP contribution < -0.4 is 0 Å². The lowest BCUT2D eigenvalue weighted by atomic mass is 10.1. The van der Waals surface area contributed by atoms with E-state index in [0.717, 1.165) is 6.07 Å². The summed E-state index contributed by atoms with van der Waals surface area (Å²) in [6.07, 6.45) is -3.40. The molecular weight excluding hydrogens is 369 g/mol. The predicted octanol–water partition coefficient (Wildman–Crippen LogP) is 4.67. The van der Waals surface area contributed by atoms with Crippen LogP contribution in [0.15, 0.2) is 64.4 Å². The van der Waals surface area contributed by atoms with E-state index in [4.69, 9.17) is 4.42 Å². The molecule has 1 unspecified atom stereocenters. The van der Waals surface area contributed by atoms with Crippen LogP contribution in [0.2, 0.25) is 0 Å². The first-order valence-electron chi connectivity index (χ1n) is 7.29. The number of furan rings is 1. The zero-order chi connectivity index (χ0) is 18.7. The molecule has 0 bridgehead atoms. The van der Waals surface area contributed by atoms with Gasteiger partial charge in [-0.3, -0.25) is 4.79 Å². The van der Waals surface area contributed by atoms with Gasteiger partial charge in [0.2, 0.25) is 0 Å². The van der Waals surface area contributed by atoms with Crippen molar-refractivity contribution in [3.05, 3.63) is 66.1 Å². The molecule has 0 fully saturated rings. The Labute approximate surface area is 149 Å². The van der Waals surface area contributed by atoms with Gasteiger partial charge in [-0.1, -0.05) is 42.1 Å². The van der Waals surface area contributed by atoms with Gasteiger partial charge in [-0.2, -0.15) is 13.2 Å². The number of aromatic nitrogens is 2. The second-order valence-corrected chi connectivity index (χ2v) is 6.22. The molecule has 3 aromatic rings. The number of carbonyl (C=O) groups is 1. The van der Waals surface area contributed by atoms with Crippen LogP contribution in [-0.4, -0.2) is 21.0 Å². The Morgan fingerprint density at radius 3 is 2.42 bits per heavy atom. The van der Waals surface area contributed by atoms with Gasteiger partial charge in [0.05, 0.1) is 6.26 Å². The number of rotatable bonds is 5. The van der Waals surface area contributed by atoms with Crippen LogP contribution in [0, 0.1) is 0 Å². The molecule has 1 N–H and O–H groups in total. The summed E-state index contributed by atoms with van der Waals surface area (Å²) in [6.45, 7) is 0. The molecule has 0 radical (unpaired) electrons. The molecule has 0 saturated heterocycles. The molecule has 1 aromatic carbocycles. The number of thioether (sulfide) groups is 1. The Balaban J connectivity index is 2.03. The summed E-state index contributed by atoms with van der Waals surface area (Å²) < 4.78 is 44.6. The molecule has 2 heterocycles. The standard InChI is InChI=1S/C17H11F3N2O3S/c18-17(19,20)13-9-11(12-7-4-8-25-12)21-16(22-13)26-14(15(23)24)10-5-2-1-3-6-10/h1-9,14H,(H,23,24). The molecule has 9 heteroatoms. The van der Waals surface area contributed by atoms with Crippen LogP contribution in [0.1, 0.15) is 16.5 Å². The Hall–Kier alpha value is -2.81. The molecule has 1 atom stereocenters. The molecule has 0 spiro atoms. The number of hydrogen-bond donors (Lipinski definition) is 1. The second kappa shape index (κ2) is 7.20. The lowest BCUT2D eigenvalue weighted by Crippen LogP contribution is -2.12. The van der Waals surface area contributed by atoms with E-state index in [2.05, 4.69) is 9.97 Å². The first-order chi connectivity index (χ1) is 12.3. The van der Waals surface area contributed by atoms with Crippen LogP contribution in [0.4, 0.5) is 13.2 Å². The van der Waals surface area contributed by atoms with Crippen LogP contribution in [0.5, 0.6) is 0 Å². The van der Waals surface area contributed by atoms with Gasteiger partial charge in [-0.25, -0.2) is 9.97 Å². The van der Waals surface area contributed by atoms with E-state index in [9.17, 15) is 23.1 Å². The van der Waals surface area contributed by atoms with Crippen LogP contribution >= 0.6 is 11.8 Å². The minimum Gasteiger partial charge on any atom is -0.480 e. The molecule has 5 nitrogen and oxygen atoms in total. The second-order valence-electron chi connectivity index (χ2n) is 5.14. The lowest BCUT2D eigenvalue weighted by Gasteiger charge is -2.13. The highest BCUT2D eigenvalue weighted by molar-refractivity contribution is 8.00. The van der Waals surface area contributed by atoms with Crippen molar-refractivity contribution in [1.82, 2.24) is 9.97 Å². The van der Waals surface area contributed by atoms with Gasteiger partial charge in [-0.15, -0.1) is 0 Å². The SMILES string of the molecule is O=C(O)C(Sc1nc(-c2ccco2)cc(C(F)(F)F)n1)c1ccccc1. The predicted molar refractivity (Wildman–Crippen MR) is 87.4 cm³/mol. The van der Waals surface area contributed by atoms with Gasteiger partial charge < -0.3 is 9.52 Å². The maximum atomic E-state index is 13.2. The monoisotopic (exact) mass is 380 g/mol. The molecule has 0 saturated carbocycles. The number of alkyl halides is 3. The third-order valence-corrected chi connectivity index (χ3v) is 4.42. The van der Waals surface area contributed by atoms with Gasteiger partial charge in [0.25, 0.3) is 0 Å². The average molecular weight is 380 g/mol. The highest BCUT2D eigenvalue weighted by atomic mass is 32.2. The fourth-order valence-corrected chi connectivity index (χ4v) is 3.07. The Kier molecular flexibility index (Phi) is 4.99. The number of hydrogen-bond acceptors (Lipinski definition) is 5. The van der Waals surface area contributed by atoms with Crippen molar-refractivity contribution in [3.8, 4) is 11.5 Å². The van der Waals surface area contributed by atoms with E-state index in [0.29, 0.717) is 17.3 Å².